The maximum atomic E-state index is 10.8. The number of allylic oxidation sites excluding steroid dienone is 2. The molecule has 2 N–H and O–H groups in total. The zero-order valence-electron chi connectivity index (χ0n) is 14.4. The van der Waals surface area contributed by atoms with Gasteiger partial charge in [-0.1, -0.05) is 27.2 Å². The van der Waals surface area contributed by atoms with E-state index in [0.29, 0.717) is 29.4 Å². The number of hydrogen-bond donors (Lipinski definition) is 2. The molecule has 0 spiro atoms. The van der Waals surface area contributed by atoms with E-state index in [0.717, 1.165) is 24.2 Å². The van der Waals surface area contributed by atoms with E-state index in [9.17, 15) is 10.2 Å². The molecule has 0 amide bonds. The average Bonchev–Trinajstić information content (AvgIpc) is 2.87. The van der Waals surface area contributed by atoms with Crippen molar-refractivity contribution in [2.45, 2.75) is 72.1 Å². The van der Waals surface area contributed by atoms with Crippen molar-refractivity contribution in [3.63, 3.8) is 0 Å². The second kappa shape index (κ2) is 4.68. The van der Waals surface area contributed by atoms with Crippen LogP contribution in [0.15, 0.2) is 11.5 Å². The predicted molar refractivity (Wildman–Crippen MR) is 88.6 cm³/mol. The Balaban J connectivity index is 1.77. The number of rotatable bonds is 0. The van der Waals surface area contributed by atoms with Crippen LogP contribution in [0.4, 0.5) is 0 Å². The summed E-state index contributed by atoms with van der Waals surface area (Å²) < 4.78 is 0. The van der Waals surface area contributed by atoms with Gasteiger partial charge in [0.1, 0.15) is 11.5 Å². The highest BCUT2D eigenvalue weighted by atomic mass is 16.3. The van der Waals surface area contributed by atoms with Gasteiger partial charge >= 0.3 is 0 Å². The minimum absolute atomic E-state index is 0.163. The van der Waals surface area contributed by atoms with Gasteiger partial charge in [0.25, 0.3) is 0 Å². The van der Waals surface area contributed by atoms with Gasteiger partial charge in [0, 0.05) is 11.8 Å². The lowest BCUT2D eigenvalue weighted by Gasteiger charge is -2.61. The lowest BCUT2D eigenvalue weighted by Crippen LogP contribution is -2.55. The van der Waals surface area contributed by atoms with Crippen molar-refractivity contribution in [1.29, 1.82) is 0 Å². The molecule has 2 nitrogen and oxygen atoms in total. The Labute approximate surface area is 135 Å². The molecule has 0 aromatic rings. The maximum Gasteiger partial charge on any atom is 0.136 e. The molecule has 7 atom stereocenters. The molecule has 0 aromatic carbocycles. The van der Waals surface area contributed by atoms with Gasteiger partial charge < -0.3 is 10.2 Å². The van der Waals surface area contributed by atoms with Crippen LogP contribution in [0.1, 0.15) is 72.1 Å². The summed E-state index contributed by atoms with van der Waals surface area (Å²) in [7, 11) is 0. The monoisotopic (exact) mass is 304 g/mol. The van der Waals surface area contributed by atoms with Crippen LogP contribution >= 0.6 is 0 Å². The zero-order valence-corrected chi connectivity index (χ0v) is 14.4. The Morgan fingerprint density at radius 1 is 1.00 bits per heavy atom. The highest BCUT2D eigenvalue weighted by molar-refractivity contribution is 5.22. The number of aliphatic hydroxyl groups excluding tert-OH is 2. The van der Waals surface area contributed by atoms with Crippen molar-refractivity contribution in [3.8, 4) is 0 Å². The molecule has 124 valence electrons. The number of hydrogen-bond acceptors (Lipinski definition) is 2. The van der Waals surface area contributed by atoms with Gasteiger partial charge in [0.15, 0.2) is 0 Å². The molecule has 0 aromatic heterocycles. The largest absolute Gasteiger partial charge is 0.509 e. The fourth-order valence-corrected chi connectivity index (χ4v) is 7.36. The fourth-order valence-electron chi connectivity index (χ4n) is 7.36. The summed E-state index contributed by atoms with van der Waals surface area (Å²) in [6.45, 7) is 7.26. The molecule has 0 radical (unpaired) electrons. The highest BCUT2D eigenvalue weighted by Crippen LogP contribution is 2.67. The molecule has 4 aliphatic carbocycles. The van der Waals surface area contributed by atoms with E-state index in [2.05, 4.69) is 20.8 Å². The lowest BCUT2D eigenvalue weighted by atomic mass is 9.44. The van der Waals surface area contributed by atoms with E-state index in [1.807, 2.05) is 0 Å². The van der Waals surface area contributed by atoms with Crippen LogP contribution in [-0.4, -0.2) is 10.2 Å². The molecule has 4 aliphatic rings. The van der Waals surface area contributed by atoms with Crippen molar-refractivity contribution < 1.29 is 10.2 Å². The smallest absolute Gasteiger partial charge is 0.136 e. The van der Waals surface area contributed by atoms with Crippen molar-refractivity contribution in [2.75, 3.05) is 0 Å². The third kappa shape index (κ3) is 1.73. The van der Waals surface area contributed by atoms with Crippen molar-refractivity contribution in [3.05, 3.63) is 11.5 Å². The Bertz CT molecular complexity index is 510. The molecule has 22 heavy (non-hydrogen) atoms. The first-order valence-corrected chi connectivity index (χ1v) is 9.49. The average molecular weight is 304 g/mol. The van der Waals surface area contributed by atoms with Gasteiger partial charge in [-0.2, -0.15) is 0 Å². The summed E-state index contributed by atoms with van der Waals surface area (Å²) in [6, 6.07) is 0. The molecule has 1 unspecified atom stereocenters. The van der Waals surface area contributed by atoms with E-state index >= 15 is 0 Å². The number of aliphatic hydroxyl groups is 2. The molecule has 0 aliphatic heterocycles. The van der Waals surface area contributed by atoms with Crippen LogP contribution in [0.5, 0.6) is 0 Å². The molecular formula is C20H32O2. The quantitative estimate of drug-likeness (QED) is 0.611. The molecular weight excluding hydrogens is 272 g/mol. The summed E-state index contributed by atoms with van der Waals surface area (Å²) in [6.07, 6.45) is 9.72. The van der Waals surface area contributed by atoms with Crippen molar-refractivity contribution in [1.82, 2.24) is 0 Å². The van der Waals surface area contributed by atoms with Crippen molar-refractivity contribution in [2.24, 2.45) is 40.4 Å². The van der Waals surface area contributed by atoms with Gasteiger partial charge in [-0.05, 0) is 73.5 Å². The molecule has 2 heteroatoms. The summed E-state index contributed by atoms with van der Waals surface area (Å²) in [5.41, 5.74) is 0.387. The van der Waals surface area contributed by atoms with Gasteiger partial charge in [-0.3, -0.25) is 0 Å². The number of fused-ring (bicyclic) bond motifs is 5. The van der Waals surface area contributed by atoms with E-state index in [1.54, 1.807) is 0 Å². The van der Waals surface area contributed by atoms with Gasteiger partial charge in [0.2, 0.25) is 0 Å². The minimum Gasteiger partial charge on any atom is -0.509 e. The second-order valence-corrected chi connectivity index (χ2v) is 9.40. The first kappa shape index (κ1) is 14.9. The van der Waals surface area contributed by atoms with E-state index < -0.39 is 0 Å². The van der Waals surface area contributed by atoms with Crippen molar-refractivity contribution >= 4 is 0 Å². The Kier molecular flexibility index (Phi) is 3.17. The third-order valence-electron chi connectivity index (χ3n) is 8.56. The first-order valence-electron chi connectivity index (χ1n) is 9.49. The SMILES string of the molecule is C[C@H]1CC2CCC(O)=C(O)[C@]2(C)[C@H]2CC[C@]3(C)CCC[C@H]3[C@H]12. The zero-order chi connectivity index (χ0) is 15.7. The molecule has 0 bridgehead atoms. The molecule has 3 saturated carbocycles. The highest BCUT2D eigenvalue weighted by Gasteiger charge is 2.61. The minimum atomic E-state index is -0.163. The summed E-state index contributed by atoms with van der Waals surface area (Å²) in [5, 5.41) is 21.0. The molecule has 0 saturated heterocycles. The third-order valence-corrected chi connectivity index (χ3v) is 8.56. The van der Waals surface area contributed by atoms with Gasteiger partial charge in [0.05, 0.1) is 0 Å². The van der Waals surface area contributed by atoms with E-state index in [-0.39, 0.29) is 11.2 Å². The van der Waals surface area contributed by atoms with Gasteiger partial charge in [-0.25, -0.2) is 0 Å². The van der Waals surface area contributed by atoms with Crippen LogP contribution in [0.2, 0.25) is 0 Å². The molecule has 3 fully saturated rings. The Morgan fingerprint density at radius 3 is 2.55 bits per heavy atom. The molecule has 0 heterocycles. The van der Waals surface area contributed by atoms with Crippen LogP contribution in [0.3, 0.4) is 0 Å². The van der Waals surface area contributed by atoms with Crippen LogP contribution in [-0.2, 0) is 0 Å². The molecule has 4 rings (SSSR count). The summed E-state index contributed by atoms with van der Waals surface area (Å²) in [4.78, 5) is 0. The topological polar surface area (TPSA) is 40.5 Å². The standard InChI is InChI=1S/C20H32O2/c1-12-11-13-6-7-16(21)18(22)20(13,3)15-8-10-19(2)9-4-5-14(19)17(12)15/h12-15,17,21-22H,4-11H2,1-3H3/t12-,13?,14-,15-,17-,19-,20-/m0/s1. The second-order valence-electron chi connectivity index (χ2n) is 9.40. The maximum absolute atomic E-state index is 10.8. The van der Waals surface area contributed by atoms with Gasteiger partial charge in [-0.15, -0.1) is 0 Å². The first-order chi connectivity index (χ1) is 10.4. The summed E-state index contributed by atoms with van der Waals surface area (Å²) >= 11 is 0. The van der Waals surface area contributed by atoms with Crippen LogP contribution in [0.25, 0.3) is 0 Å². The normalized spacial score (nSPS) is 54.6. The summed E-state index contributed by atoms with van der Waals surface area (Å²) in [5.74, 6) is 4.13. The van der Waals surface area contributed by atoms with Crippen LogP contribution in [0, 0.1) is 40.4 Å². The van der Waals surface area contributed by atoms with E-state index in [4.69, 9.17) is 0 Å². The predicted octanol–water partition coefficient (Wildman–Crippen LogP) is 5.60. The van der Waals surface area contributed by atoms with Crippen LogP contribution < -0.4 is 0 Å². The Morgan fingerprint density at radius 2 is 1.77 bits per heavy atom. The van der Waals surface area contributed by atoms with E-state index in [1.165, 1.54) is 38.5 Å². The fraction of sp³-hybridized carbons (Fsp3) is 0.900. The Hall–Kier alpha value is -0.660. The lowest BCUT2D eigenvalue weighted by molar-refractivity contribution is -0.119.